The summed E-state index contributed by atoms with van der Waals surface area (Å²) in [6, 6.07) is 12.3. The summed E-state index contributed by atoms with van der Waals surface area (Å²) in [5.74, 6) is 0.502. The van der Waals surface area contributed by atoms with Crippen LogP contribution < -0.4 is 4.90 Å². The molecular weight excluding hydrogens is 357 g/mol. The van der Waals surface area contributed by atoms with E-state index in [0.717, 1.165) is 41.4 Å². The molecule has 0 unspecified atom stereocenters. The lowest BCUT2D eigenvalue weighted by molar-refractivity contribution is -0.137. The van der Waals surface area contributed by atoms with Gasteiger partial charge in [-0.2, -0.15) is 13.2 Å². The summed E-state index contributed by atoms with van der Waals surface area (Å²) in [6.45, 7) is 2.15. The first-order valence-electron chi connectivity index (χ1n) is 8.74. The Morgan fingerprint density at radius 2 is 1.77 bits per heavy atom. The second kappa shape index (κ2) is 6.50. The molecule has 0 bridgehead atoms. The van der Waals surface area contributed by atoms with E-state index in [9.17, 15) is 13.2 Å². The van der Waals surface area contributed by atoms with Gasteiger partial charge in [0.2, 0.25) is 0 Å². The number of likely N-dealkylation sites (N-methyl/N-ethyl adjacent to an activating group) is 2. The Kier molecular flexibility index (Phi) is 4.43. The predicted molar refractivity (Wildman–Crippen MR) is 99.1 cm³/mol. The van der Waals surface area contributed by atoms with Crippen molar-refractivity contribution in [1.82, 2.24) is 4.90 Å². The van der Waals surface area contributed by atoms with Crippen LogP contribution in [0.4, 0.5) is 18.9 Å². The highest BCUT2D eigenvalue weighted by atomic mass is 32.2. The molecule has 2 nitrogen and oxygen atoms in total. The van der Waals surface area contributed by atoms with Crippen LogP contribution in [0, 0.1) is 0 Å². The molecule has 0 aromatic heterocycles. The Bertz CT molecular complexity index is 804. The number of fused-ring (bicyclic) bond motifs is 3. The molecule has 138 valence electrons. The maximum absolute atomic E-state index is 12.8. The summed E-state index contributed by atoms with van der Waals surface area (Å²) in [5.41, 5.74) is 2.00. The van der Waals surface area contributed by atoms with Gasteiger partial charge in [-0.05, 0) is 55.9 Å². The smallest absolute Gasteiger partial charge is 0.370 e. The Morgan fingerprint density at radius 3 is 2.46 bits per heavy atom. The Morgan fingerprint density at radius 1 is 1.04 bits per heavy atom. The second-order valence-corrected chi connectivity index (χ2v) is 8.27. The van der Waals surface area contributed by atoms with E-state index >= 15 is 0 Å². The third-order valence-corrected chi connectivity index (χ3v) is 6.53. The van der Waals surface area contributed by atoms with Gasteiger partial charge in [-0.25, -0.2) is 0 Å². The van der Waals surface area contributed by atoms with Gasteiger partial charge in [0.05, 0.1) is 11.3 Å². The fourth-order valence-electron chi connectivity index (χ4n) is 4.17. The van der Waals surface area contributed by atoms with Crippen molar-refractivity contribution in [3.05, 3.63) is 53.6 Å². The first kappa shape index (κ1) is 17.7. The molecule has 2 atom stereocenters. The minimum atomic E-state index is -4.29. The molecule has 26 heavy (non-hydrogen) atoms. The number of para-hydroxylation sites is 1. The van der Waals surface area contributed by atoms with E-state index in [1.165, 1.54) is 23.0 Å². The summed E-state index contributed by atoms with van der Waals surface area (Å²) in [4.78, 5) is 6.69. The van der Waals surface area contributed by atoms with Crippen LogP contribution >= 0.6 is 11.8 Å². The van der Waals surface area contributed by atoms with Gasteiger partial charge in [0.25, 0.3) is 0 Å². The topological polar surface area (TPSA) is 6.48 Å². The lowest BCUT2D eigenvalue weighted by Crippen LogP contribution is -2.43. The van der Waals surface area contributed by atoms with Crippen LogP contribution in [0.25, 0.3) is 0 Å². The van der Waals surface area contributed by atoms with E-state index in [1.807, 2.05) is 0 Å². The molecule has 4 rings (SSSR count). The Balaban J connectivity index is 1.64. The molecule has 2 aliphatic rings. The average molecular weight is 378 g/mol. The molecular formula is C20H21F3N2S. The summed E-state index contributed by atoms with van der Waals surface area (Å²) < 4.78 is 38.3. The lowest BCUT2D eigenvalue weighted by atomic mass is 9.89. The van der Waals surface area contributed by atoms with Crippen LogP contribution in [-0.2, 0) is 6.18 Å². The molecule has 1 fully saturated rings. The van der Waals surface area contributed by atoms with Crippen molar-refractivity contribution >= 4 is 17.4 Å². The lowest BCUT2D eigenvalue weighted by Gasteiger charge is -2.35. The van der Waals surface area contributed by atoms with Crippen molar-refractivity contribution in [2.45, 2.75) is 34.3 Å². The number of hydrogen-bond acceptors (Lipinski definition) is 3. The summed E-state index contributed by atoms with van der Waals surface area (Å²) in [5, 5.41) is 0. The number of likely N-dealkylation sites (tertiary alicyclic amines) is 1. The van der Waals surface area contributed by atoms with Gasteiger partial charge in [-0.3, -0.25) is 0 Å². The normalized spacial score (nSPS) is 23.0. The van der Waals surface area contributed by atoms with Crippen molar-refractivity contribution in [2.75, 3.05) is 32.1 Å². The number of anilines is 1. The number of rotatable bonds is 2. The quantitative estimate of drug-likeness (QED) is 0.718. The van der Waals surface area contributed by atoms with E-state index in [1.54, 1.807) is 12.1 Å². The Hall–Kier alpha value is -1.66. The molecule has 6 heteroatoms. The van der Waals surface area contributed by atoms with Gasteiger partial charge in [0.15, 0.2) is 0 Å². The molecule has 0 radical (unpaired) electrons. The molecule has 1 saturated heterocycles. The number of halogens is 3. The zero-order chi connectivity index (χ0) is 18.5. The van der Waals surface area contributed by atoms with Crippen LogP contribution in [0.5, 0.6) is 0 Å². The summed E-state index contributed by atoms with van der Waals surface area (Å²) >= 11 is 1.54. The first-order valence-corrected chi connectivity index (χ1v) is 9.55. The fourth-order valence-corrected chi connectivity index (χ4v) is 5.21. The molecule has 0 N–H and O–H groups in total. The van der Waals surface area contributed by atoms with Gasteiger partial charge < -0.3 is 9.80 Å². The van der Waals surface area contributed by atoms with E-state index < -0.39 is 11.7 Å². The van der Waals surface area contributed by atoms with Gasteiger partial charge in [-0.1, -0.05) is 23.9 Å². The predicted octanol–water partition coefficient (Wildman–Crippen LogP) is 5.09. The highest BCUT2D eigenvalue weighted by molar-refractivity contribution is 7.99. The number of hydrogen-bond donors (Lipinski definition) is 0. The third kappa shape index (κ3) is 3.09. The van der Waals surface area contributed by atoms with Crippen molar-refractivity contribution in [1.29, 1.82) is 0 Å². The van der Waals surface area contributed by atoms with Gasteiger partial charge in [-0.15, -0.1) is 0 Å². The third-order valence-electron chi connectivity index (χ3n) is 5.47. The summed E-state index contributed by atoms with van der Waals surface area (Å²) in [7, 11) is 4.31. The highest BCUT2D eigenvalue weighted by Gasteiger charge is 2.40. The van der Waals surface area contributed by atoms with Crippen molar-refractivity contribution in [3.63, 3.8) is 0 Å². The van der Waals surface area contributed by atoms with E-state index in [4.69, 9.17) is 0 Å². The average Bonchev–Trinajstić information content (AvgIpc) is 2.88. The van der Waals surface area contributed by atoms with Crippen molar-refractivity contribution < 1.29 is 13.2 Å². The standard InChI is InChI=1S/C20H21F3N2S/c1-24-11-10-17-16(12-24)15-4-3-5-18(19(15)25(17)2)26-14-8-6-13(7-9-14)20(21,22)23/h3-9,16-17H,10-12H2,1-2H3/t16-,17+/m1/s1. The fraction of sp³-hybridized carbons (Fsp3) is 0.400. The zero-order valence-electron chi connectivity index (χ0n) is 14.8. The zero-order valence-corrected chi connectivity index (χ0v) is 15.6. The Labute approximate surface area is 156 Å². The summed E-state index contributed by atoms with van der Waals surface area (Å²) in [6.07, 6.45) is -3.16. The SMILES string of the molecule is CN1CC[C@H]2[C@H](C1)c1cccc(Sc3ccc(C(F)(F)F)cc3)c1N2C. The van der Waals surface area contributed by atoms with E-state index in [0.29, 0.717) is 12.0 Å². The van der Waals surface area contributed by atoms with E-state index in [2.05, 4.69) is 42.1 Å². The molecule has 0 aliphatic carbocycles. The number of piperidine rings is 1. The maximum atomic E-state index is 12.8. The second-order valence-electron chi connectivity index (χ2n) is 7.15. The highest BCUT2D eigenvalue weighted by Crippen LogP contribution is 2.49. The molecule has 2 aromatic carbocycles. The maximum Gasteiger partial charge on any atom is 0.416 e. The minimum absolute atomic E-state index is 0.502. The van der Waals surface area contributed by atoms with Crippen LogP contribution in [0.15, 0.2) is 52.3 Å². The molecule has 2 aliphatic heterocycles. The van der Waals surface area contributed by atoms with Crippen molar-refractivity contribution in [2.24, 2.45) is 0 Å². The van der Waals surface area contributed by atoms with E-state index in [-0.39, 0.29) is 0 Å². The molecule has 0 saturated carbocycles. The van der Waals surface area contributed by atoms with Gasteiger partial charge in [0.1, 0.15) is 0 Å². The first-order chi connectivity index (χ1) is 12.3. The van der Waals surface area contributed by atoms with Crippen LogP contribution in [0.3, 0.4) is 0 Å². The van der Waals surface area contributed by atoms with Gasteiger partial charge in [0, 0.05) is 35.3 Å². The van der Waals surface area contributed by atoms with Crippen LogP contribution in [0.2, 0.25) is 0 Å². The number of nitrogens with zero attached hydrogens (tertiary/aromatic N) is 2. The monoisotopic (exact) mass is 378 g/mol. The molecule has 2 heterocycles. The molecule has 2 aromatic rings. The van der Waals surface area contributed by atoms with Crippen LogP contribution in [-0.4, -0.2) is 38.1 Å². The number of benzene rings is 2. The minimum Gasteiger partial charge on any atom is -0.370 e. The largest absolute Gasteiger partial charge is 0.416 e. The van der Waals surface area contributed by atoms with Crippen molar-refractivity contribution in [3.8, 4) is 0 Å². The van der Waals surface area contributed by atoms with Crippen LogP contribution in [0.1, 0.15) is 23.5 Å². The molecule has 0 spiro atoms. The van der Waals surface area contributed by atoms with Gasteiger partial charge >= 0.3 is 6.18 Å². The number of alkyl halides is 3. The molecule has 0 amide bonds.